The minimum Gasteiger partial charge on any atom is -0.460 e. The predicted molar refractivity (Wildman–Crippen MR) is 121 cm³/mol. The molecule has 2 aromatic heterocycles. The highest BCUT2D eigenvalue weighted by Crippen LogP contribution is 2.27. The molecule has 0 N–H and O–H groups in total. The Kier molecular flexibility index (Phi) is 6.18. The smallest absolute Gasteiger partial charge is 0.254 e. The number of fused-ring (bicyclic) bond motifs is 1. The predicted octanol–water partition coefficient (Wildman–Crippen LogP) is 5.00. The highest BCUT2D eigenvalue weighted by Gasteiger charge is 2.25. The molecule has 1 saturated heterocycles. The van der Waals surface area contributed by atoms with Gasteiger partial charge in [0.1, 0.15) is 11.5 Å². The van der Waals surface area contributed by atoms with Crippen molar-refractivity contribution in [1.82, 2.24) is 14.8 Å². The molecule has 0 radical (unpaired) electrons. The number of carbonyl (C=O) groups excluding carboxylic acids is 1. The van der Waals surface area contributed by atoms with Gasteiger partial charge in [0.15, 0.2) is 5.76 Å². The van der Waals surface area contributed by atoms with E-state index in [9.17, 15) is 4.79 Å². The Hall–Kier alpha value is -2.66. The molecule has 0 saturated carbocycles. The molecule has 3 heterocycles. The molecule has 0 bridgehead atoms. The lowest BCUT2D eigenvalue weighted by Crippen LogP contribution is -2.49. The summed E-state index contributed by atoms with van der Waals surface area (Å²) in [7, 11) is 0. The SMILES string of the molecule is CCC(CC)CN1CCN(C(=O)c2cc(-c3ccc(C)o3)nc3ccccc23)CC1. The van der Waals surface area contributed by atoms with Crippen molar-refractivity contribution in [3.63, 3.8) is 0 Å². The van der Waals surface area contributed by atoms with E-state index < -0.39 is 0 Å². The number of pyridine rings is 1. The summed E-state index contributed by atoms with van der Waals surface area (Å²) in [6.45, 7) is 11.0. The fourth-order valence-corrected chi connectivity index (χ4v) is 4.27. The fraction of sp³-hybridized carbons (Fsp3) is 0.440. The van der Waals surface area contributed by atoms with Crippen molar-refractivity contribution in [3.05, 3.63) is 53.8 Å². The maximum atomic E-state index is 13.5. The van der Waals surface area contributed by atoms with Crippen LogP contribution in [-0.2, 0) is 0 Å². The first kappa shape index (κ1) is 20.6. The molecule has 5 nitrogen and oxygen atoms in total. The Morgan fingerprint density at radius 1 is 1.07 bits per heavy atom. The average Bonchev–Trinajstić information content (AvgIpc) is 3.23. The quantitative estimate of drug-likeness (QED) is 0.579. The van der Waals surface area contributed by atoms with Gasteiger partial charge in [-0.25, -0.2) is 4.98 Å². The summed E-state index contributed by atoms with van der Waals surface area (Å²) in [5.74, 6) is 2.36. The Labute approximate surface area is 178 Å². The molecular weight excluding hydrogens is 374 g/mol. The Bertz CT molecular complexity index is 1010. The first-order valence-electron chi connectivity index (χ1n) is 11.1. The molecule has 1 fully saturated rings. The van der Waals surface area contributed by atoms with Crippen molar-refractivity contribution in [2.45, 2.75) is 33.6 Å². The van der Waals surface area contributed by atoms with Gasteiger partial charge in [0.25, 0.3) is 5.91 Å². The van der Waals surface area contributed by atoms with Gasteiger partial charge in [-0.1, -0.05) is 44.9 Å². The second-order valence-corrected chi connectivity index (χ2v) is 8.26. The number of piperazine rings is 1. The van der Waals surface area contributed by atoms with Gasteiger partial charge in [0, 0.05) is 38.1 Å². The van der Waals surface area contributed by atoms with Crippen LogP contribution in [0.4, 0.5) is 0 Å². The standard InChI is InChI=1S/C25H31N3O2/c1-4-19(5-2)17-27-12-14-28(15-13-27)25(29)21-16-23(24-11-10-18(3)30-24)26-22-9-7-6-8-20(21)22/h6-11,16,19H,4-5,12-15,17H2,1-3H3. The molecule has 1 aliphatic rings. The number of aryl methyl sites for hydroxylation is 1. The summed E-state index contributed by atoms with van der Waals surface area (Å²) < 4.78 is 5.78. The Morgan fingerprint density at radius 3 is 2.47 bits per heavy atom. The highest BCUT2D eigenvalue weighted by molar-refractivity contribution is 6.07. The van der Waals surface area contributed by atoms with Crippen molar-refractivity contribution < 1.29 is 9.21 Å². The molecule has 1 aliphatic heterocycles. The topological polar surface area (TPSA) is 49.6 Å². The van der Waals surface area contributed by atoms with Gasteiger partial charge in [-0.05, 0) is 37.1 Å². The van der Waals surface area contributed by atoms with Gasteiger partial charge in [-0.3, -0.25) is 9.69 Å². The van der Waals surface area contributed by atoms with E-state index in [1.165, 1.54) is 12.8 Å². The lowest BCUT2D eigenvalue weighted by molar-refractivity contribution is 0.0616. The molecule has 0 unspecified atom stereocenters. The zero-order chi connectivity index (χ0) is 21.1. The van der Waals surface area contributed by atoms with Crippen LogP contribution in [0.15, 0.2) is 46.9 Å². The van der Waals surface area contributed by atoms with Crippen LogP contribution in [0.3, 0.4) is 0 Å². The largest absolute Gasteiger partial charge is 0.460 e. The molecule has 0 aliphatic carbocycles. The van der Waals surface area contributed by atoms with Gasteiger partial charge in [0.05, 0.1) is 11.1 Å². The molecule has 158 valence electrons. The minimum atomic E-state index is 0.0836. The van der Waals surface area contributed by atoms with Gasteiger partial charge >= 0.3 is 0 Å². The van der Waals surface area contributed by atoms with E-state index in [1.807, 2.05) is 54.3 Å². The number of rotatable bonds is 6. The number of carbonyl (C=O) groups is 1. The third kappa shape index (κ3) is 4.26. The molecule has 1 aromatic carbocycles. The maximum absolute atomic E-state index is 13.5. The van der Waals surface area contributed by atoms with Crippen molar-refractivity contribution in [1.29, 1.82) is 0 Å². The maximum Gasteiger partial charge on any atom is 0.254 e. The van der Waals surface area contributed by atoms with Crippen LogP contribution in [0.5, 0.6) is 0 Å². The van der Waals surface area contributed by atoms with E-state index >= 15 is 0 Å². The van der Waals surface area contributed by atoms with Crippen molar-refractivity contribution in [3.8, 4) is 11.5 Å². The van der Waals surface area contributed by atoms with Gasteiger partial charge in [-0.2, -0.15) is 0 Å². The number of hydrogen-bond acceptors (Lipinski definition) is 4. The zero-order valence-corrected chi connectivity index (χ0v) is 18.2. The summed E-state index contributed by atoms with van der Waals surface area (Å²) in [6, 6.07) is 13.6. The van der Waals surface area contributed by atoms with Crippen LogP contribution in [0.2, 0.25) is 0 Å². The fourth-order valence-electron chi connectivity index (χ4n) is 4.27. The zero-order valence-electron chi connectivity index (χ0n) is 18.2. The summed E-state index contributed by atoms with van der Waals surface area (Å²) in [5.41, 5.74) is 2.23. The Balaban J connectivity index is 1.57. The van der Waals surface area contributed by atoms with Crippen LogP contribution in [-0.4, -0.2) is 53.4 Å². The number of furan rings is 1. The lowest BCUT2D eigenvalue weighted by Gasteiger charge is -2.36. The summed E-state index contributed by atoms with van der Waals surface area (Å²) in [5, 5.41) is 0.897. The number of nitrogens with zero attached hydrogens (tertiary/aromatic N) is 3. The van der Waals surface area contributed by atoms with Crippen molar-refractivity contribution in [2.24, 2.45) is 5.92 Å². The van der Waals surface area contributed by atoms with Crippen LogP contribution in [0.1, 0.15) is 42.8 Å². The van der Waals surface area contributed by atoms with Crippen LogP contribution >= 0.6 is 0 Å². The van der Waals surface area contributed by atoms with Gasteiger partial charge in [-0.15, -0.1) is 0 Å². The molecule has 0 spiro atoms. The second-order valence-electron chi connectivity index (χ2n) is 8.26. The third-order valence-electron chi connectivity index (χ3n) is 6.27. The van der Waals surface area contributed by atoms with Crippen LogP contribution < -0.4 is 0 Å². The van der Waals surface area contributed by atoms with Gasteiger partial charge < -0.3 is 9.32 Å². The number of aromatic nitrogens is 1. The minimum absolute atomic E-state index is 0.0836. The van der Waals surface area contributed by atoms with Crippen molar-refractivity contribution >= 4 is 16.8 Å². The van der Waals surface area contributed by atoms with Crippen molar-refractivity contribution in [2.75, 3.05) is 32.7 Å². The van der Waals surface area contributed by atoms with E-state index in [4.69, 9.17) is 9.40 Å². The second kappa shape index (κ2) is 9.00. The Morgan fingerprint density at radius 2 is 1.80 bits per heavy atom. The third-order valence-corrected chi connectivity index (χ3v) is 6.27. The summed E-state index contributed by atoms with van der Waals surface area (Å²) in [4.78, 5) is 22.7. The average molecular weight is 406 g/mol. The highest BCUT2D eigenvalue weighted by atomic mass is 16.3. The van der Waals surface area contributed by atoms with E-state index in [2.05, 4.69) is 18.7 Å². The molecule has 4 rings (SSSR count). The molecule has 30 heavy (non-hydrogen) atoms. The summed E-state index contributed by atoms with van der Waals surface area (Å²) in [6.07, 6.45) is 2.43. The number of amides is 1. The van der Waals surface area contributed by atoms with Gasteiger partial charge in [0.2, 0.25) is 0 Å². The van der Waals surface area contributed by atoms with E-state index in [-0.39, 0.29) is 5.91 Å². The molecule has 3 aromatic rings. The molecule has 1 amide bonds. The number of hydrogen-bond donors (Lipinski definition) is 0. The normalized spacial score (nSPS) is 15.3. The number of benzene rings is 1. The summed E-state index contributed by atoms with van der Waals surface area (Å²) >= 11 is 0. The van der Waals surface area contributed by atoms with E-state index in [0.29, 0.717) is 17.0 Å². The number of para-hydroxylation sites is 1. The van der Waals surface area contributed by atoms with E-state index in [0.717, 1.165) is 55.3 Å². The van der Waals surface area contributed by atoms with Crippen LogP contribution in [0.25, 0.3) is 22.4 Å². The molecule has 0 atom stereocenters. The molecule has 5 heteroatoms. The lowest BCUT2D eigenvalue weighted by atomic mass is 10.0. The molecular formula is C25H31N3O2. The van der Waals surface area contributed by atoms with E-state index in [1.54, 1.807) is 0 Å². The first-order chi connectivity index (χ1) is 14.6. The monoisotopic (exact) mass is 405 g/mol. The first-order valence-corrected chi connectivity index (χ1v) is 11.1. The van der Waals surface area contributed by atoms with Crippen LogP contribution in [0, 0.1) is 12.8 Å².